The molecule has 0 aromatic heterocycles. The average molecular weight is 326 g/mol. The molecule has 4 heteroatoms. The molecular formula is C19H22N2OS. The van der Waals surface area contributed by atoms with E-state index in [4.69, 9.17) is 0 Å². The van der Waals surface area contributed by atoms with Gasteiger partial charge in [-0.15, -0.1) is 0 Å². The number of rotatable bonds is 7. The van der Waals surface area contributed by atoms with Gasteiger partial charge in [0, 0.05) is 0 Å². The van der Waals surface area contributed by atoms with E-state index in [1.54, 1.807) is 11.8 Å². The average Bonchev–Trinajstić information content (AvgIpc) is 2.58. The molecule has 2 aromatic rings. The van der Waals surface area contributed by atoms with Gasteiger partial charge in [-0.05, 0) is 37.1 Å². The lowest BCUT2D eigenvalue weighted by atomic mass is 10.1. The molecule has 23 heavy (non-hydrogen) atoms. The standard InChI is InChI=1S/C19H22N2OS/c1-15-8-10-18(11-9-15)16(2)20-21-19(22)14-23-13-12-17-6-4-3-5-7-17/h3-11H,12-14H2,1-2H3,(H,21,22)/b20-16-. The number of thioether (sulfide) groups is 1. The number of nitrogens with one attached hydrogen (secondary N) is 1. The number of carbonyl (C=O) groups is 1. The number of hydrogen-bond donors (Lipinski definition) is 1. The van der Waals surface area contributed by atoms with Crippen molar-refractivity contribution in [2.45, 2.75) is 20.3 Å². The molecule has 0 aliphatic rings. The van der Waals surface area contributed by atoms with Crippen LogP contribution in [0.1, 0.15) is 23.6 Å². The van der Waals surface area contributed by atoms with Crippen molar-refractivity contribution < 1.29 is 4.79 Å². The van der Waals surface area contributed by atoms with Crippen molar-refractivity contribution in [1.82, 2.24) is 5.43 Å². The van der Waals surface area contributed by atoms with E-state index in [-0.39, 0.29) is 5.91 Å². The number of carbonyl (C=O) groups excluding carboxylic acids is 1. The second-order valence-corrected chi connectivity index (χ2v) is 6.49. The number of hydrogen-bond acceptors (Lipinski definition) is 3. The molecule has 1 N–H and O–H groups in total. The third-order valence-corrected chi connectivity index (χ3v) is 4.39. The zero-order chi connectivity index (χ0) is 16.5. The summed E-state index contributed by atoms with van der Waals surface area (Å²) in [5.74, 6) is 1.30. The van der Waals surface area contributed by atoms with Crippen LogP contribution in [0.15, 0.2) is 59.7 Å². The molecule has 0 fully saturated rings. The van der Waals surface area contributed by atoms with Gasteiger partial charge in [0.15, 0.2) is 0 Å². The monoisotopic (exact) mass is 326 g/mol. The summed E-state index contributed by atoms with van der Waals surface area (Å²) in [7, 11) is 0. The van der Waals surface area contributed by atoms with Crippen molar-refractivity contribution in [3.63, 3.8) is 0 Å². The first-order valence-corrected chi connectivity index (χ1v) is 8.82. The maximum atomic E-state index is 11.8. The quantitative estimate of drug-likeness (QED) is 0.477. The molecule has 0 unspecified atom stereocenters. The highest BCUT2D eigenvalue weighted by Gasteiger charge is 2.02. The SMILES string of the molecule is C/C(=N/NC(=O)CSCCc1ccccc1)c1ccc(C)cc1. The minimum Gasteiger partial charge on any atom is -0.272 e. The predicted octanol–water partition coefficient (Wildman–Crippen LogP) is 3.81. The summed E-state index contributed by atoms with van der Waals surface area (Å²) in [6.07, 6.45) is 0.977. The fourth-order valence-corrected chi connectivity index (χ4v) is 2.81. The Labute approximate surface area is 142 Å². The van der Waals surface area contributed by atoms with Crippen LogP contribution in [0.2, 0.25) is 0 Å². The minimum absolute atomic E-state index is 0.0606. The van der Waals surface area contributed by atoms with E-state index in [1.165, 1.54) is 11.1 Å². The first-order chi connectivity index (χ1) is 11.1. The zero-order valence-corrected chi connectivity index (χ0v) is 14.4. The van der Waals surface area contributed by atoms with Crippen LogP contribution in [0.25, 0.3) is 0 Å². The number of benzene rings is 2. The number of nitrogens with zero attached hydrogens (tertiary/aromatic N) is 1. The van der Waals surface area contributed by atoms with Crippen molar-refractivity contribution in [2.75, 3.05) is 11.5 Å². The second-order valence-electron chi connectivity index (χ2n) is 5.39. The molecule has 2 aromatic carbocycles. The third kappa shape index (κ3) is 6.28. The van der Waals surface area contributed by atoms with Gasteiger partial charge in [0.25, 0.3) is 0 Å². The maximum Gasteiger partial charge on any atom is 0.250 e. The van der Waals surface area contributed by atoms with E-state index in [9.17, 15) is 4.79 Å². The summed E-state index contributed by atoms with van der Waals surface area (Å²) < 4.78 is 0. The number of amides is 1. The normalized spacial score (nSPS) is 11.3. The van der Waals surface area contributed by atoms with Gasteiger partial charge in [0.2, 0.25) is 5.91 Å². The topological polar surface area (TPSA) is 41.5 Å². The van der Waals surface area contributed by atoms with Crippen LogP contribution in [-0.2, 0) is 11.2 Å². The molecule has 1 amide bonds. The molecule has 0 spiro atoms. The van der Waals surface area contributed by atoms with E-state index < -0.39 is 0 Å². The van der Waals surface area contributed by atoms with Crippen LogP contribution in [0, 0.1) is 6.92 Å². The van der Waals surface area contributed by atoms with E-state index in [1.807, 2.05) is 56.3 Å². The Kier molecular flexibility index (Phi) is 6.88. The second kappa shape index (κ2) is 9.16. The Morgan fingerprint density at radius 3 is 2.48 bits per heavy atom. The van der Waals surface area contributed by atoms with E-state index in [2.05, 4.69) is 22.7 Å². The van der Waals surface area contributed by atoms with Crippen molar-refractivity contribution >= 4 is 23.4 Å². The molecule has 0 atom stereocenters. The molecular weight excluding hydrogens is 304 g/mol. The molecule has 0 heterocycles. The molecule has 0 aliphatic heterocycles. The van der Waals surface area contributed by atoms with Crippen LogP contribution in [0.3, 0.4) is 0 Å². The Morgan fingerprint density at radius 1 is 1.09 bits per heavy atom. The lowest BCUT2D eigenvalue weighted by Gasteiger charge is -2.04. The summed E-state index contributed by atoms with van der Waals surface area (Å²) in [5, 5.41) is 4.16. The Morgan fingerprint density at radius 2 is 1.78 bits per heavy atom. The minimum atomic E-state index is -0.0606. The van der Waals surface area contributed by atoms with Gasteiger partial charge >= 0.3 is 0 Å². The molecule has 0 aliphatic carbocycles. The Bertz CT molecular complexity index is 651. The highest BCUT2D eigenvalue weighted by atomic mass is 32.2. The third-order valence-electron chi connectivity index (χ3n) is 3.43. The molecule has 0 saturated heterocycles. The van der Waals surface area contributed by atoms with Crippen LogP contribution in [0.5, 0.6) is 0 Å². The molecule has 120 valence electrons. The first-order valence-electron chi connectivity index (χ1n) is 7.67. The molecule has 3 nitrogen and oxygen atoms in total. The van der Waals surface area contributed by atoms with Crippen molar-refractivity contribution in [3.8, 4) is 0 Å². The largest absolute Gasteiger partial charge is 0.272 e. The zero-order valence-electron chi connectivity index (χ0n) is 13.6. The van der Waals surface area contributed by atoms with Crippen molar-refractivity contribution in [3.05, 3.63) is 71.3 Å². The van der Waals surface area contributed by atoms with Crippen LogP contribution >= 0.6 is 11.8 Å². The van der Waals surface area contributed by atoms with Gasteiger partial charge in [0.1, 0.15) is 0 Å². The summed E-state index contributed by atoms with van der Waals surface area (Å²) >= 11 is 1.62. The Hall–Kier alpha value is -2.07. The fourth-order valence-electron chi connectivity index (χ4n) is 2.04. The highest BCUT2D eigenvalue weighted by Crippen LogP contribution is 2.07. The molecule has 0 saturated carbocycles. The van der Waals surface area contributed by atoms with Gasteiger partial charge in [0.05, 0.1) is 11.5 Å². The van der Waals surface area contributed by atoms with Crippen molar-refractivity contribution in [2.24, 2.45) is 5.10 Å². The summed E-state index contributed by atoms with van der Waals surface area (Å²) in [6.45, 7) is 3.94. The Balaban J connectivity index is 1.70. The van der Waals surface area contributed by atoms with Crippen LogP contribution < -0.4 is 5.43 Å². The maximum absolute atomic E-state index is 11.8. The summed E-state index contributed by atoms with van der Waals surface area (Å²) in [5.41, 5.74) is 6.96. The van der Waals surface area contributed by atoms with Gasteiger partial charge in [-0.25, -0.2) is 5.43 Å². The predicted molar refractivity (Wildman–Crippen MR) is 99.0 cm³/mol. The first kappa shape index (κ1) is 17.3. The van der Waals surface area contributed by atoms with E-state index in [0.717, 1.165) is 23.4 Å². The van der Waals surface area contributed by atoms with Crippen LogP contribution in [-0.4, -0.2) is 23.1 Å². The van der Waals surface area contributed by atoms with E-state index in [0.29, 0.717) is 5.75 Å². The lowest BCUT2D eigenvalue weighted by molar-refractivity contribution is -0.118. The lowest BCUT2D eigenvalue weighted by Crippen LogP contribution is -2.21. The van der Waals surface area contributed by atoms with Gasteiger partial charge in [-0.2, -0.15) is 16.9 Å². The number of hydrazone groups is 1. The summed E-state index contributed by atoms with van der Waals surface area (Å²) in [6, 6.07) is 18.4. The van der Waals surface area contributed by atoms with Gasteiger partial charge in [-0.3, -0.25) is 4.79 Å². The smallest absolute Gasteiger partial charge is 0.250 e. The van der Waals surface area contributed by atoms with Gasteiger partial charge in [-0.1, -0.05) is 60.2 Å². The molecule has 0 bridgehead atoms. The molecule has 2 rings (SSSR count). The highest BCUT2D eigenvalue weighted by molar-refractivity contribution is 7.99. The van der Waals surface area contributed by atoms with Crippen LogP contribution in [0.4, 0.5) is 0 Å². The number of aryl methyl sites for hydroxylation is 2. The van der Waals surface area contributed by atoms with Crippen molar-refractivity contribution in [1.29, 1.82) is 0 Å². The van der Waals surface area contributed by atoms with E-state index >= 15 is 0 Å². The summed E-state index contributed by atoms with van der Waals surface area (Å²) in [4.78, 5) is 11.8. The molecule has 0 radical (unpaired) electrons. The van der Waals surface area contributed by atoms with Gasteiger partial charge < -0.3 is 0 Å². The fraction of sp³-hybridized carbons (Fsp3) is 0.263.